The number of hydrogen-bond acceptors (Lipinski definition) is 4. The molecule has 0 atom stereocenters. The van der Waals surface area contributed by atoms with E-state index in [1.54, 1.807) is 24.3 Å². The van der Waals surface area contributed by atoms with E-state index in [4.69, 9.17) is 13.9 Å². The Morgan fingerprint density at radius 1 is 1.26 bits per heavy atom. The summed E-state index contributed by atoms with van der Waals surface area (Å²) >= 11 is 0. The summed E-state index contributed by atoms with van der Waals surface area (Å²) in [6.07, 6.45) is 1.28. The van der Waals surface area contributed by atoms with Crippen molar-refractivity contribution in [3.8, 4) is 0 Å². The van der Waals surface area contributed by atoms with Crippen molar-refractivity contribution in [3.63, 3.8) is 0 Å². The molecule has 0 saturated carbocycles. The summed E-state index contributed by atoms with van der Waals surface area (Å²) in [5, 5.41) is 8.99. The molecule has 6 heteroatoms. The second-order valence-electron chi connectivity index (χ2n) is 3.98. The lowest BCUT2D eigenvalue weighted by atomic mass is 10.2. The summed E-state index contributed by atoms with van der Waals surface area (Å²) in [6.45, 7) is 0.0183. The number of carboxylic acids is 1. The van der Waals surface area contributed by atoms with Gasteiger partial charge in [-0.3, -0.25) is 4.57 Å². The molecule has 0 amide bonds. The first kappa shape index (κ1) is 11.3. The molecular formula is C13H9NO5. The molecule has 0 unspecified atom stereocenters. The molecule has 96 valence electrons. The van der Waals surface area contributed by atoms with Crippen LogP contribution < -0.4 is 5.76 Å². The average molecular weight is 259 g/mol. The Balaban J connectivity index is 2.11. The van der Waals surface area contributed by atoms with Gasteiger partial charge in [-0.25, -0.2) is 9.59 Å². The van der Waals surface area contributed by atoms with Crippen LogP contribution in [0.4, 0.5) is 0 Å². The number of carboxylic acid groups (broad SMARTS) is 1. The number of aromatic carboxylic acids is 1. The third-order valence-electron chi connectivity index (χ3n) is 2.85. The number of hydrogen-bond donors (Lipinski definition) is 1. The molecule has 0 saturated heterocycles. The van der Waals surface area contributed by atoms with E-state index in [0.29, 0.717) is 11.1 Å². The van der Waals surface area contributed by atoms with E-state index in [0.717, 1.165) is 0 Å². The van der Waals surface area contributed by atoms with Gasteiger partial charge in [-0.2, -0.15) is 0 Å². The number of oxazole rings is 1. The Labute approximate surface area is 106 Å². The van der Waals surface area contributed by atoms with E-state index >= 15 is 0 Å². The molecule has 3 aromatic rings. The number of rotatable bonds is 3. The number of nitrogens with zero attached hydrogens (tertiary/aromatic N) is 1. The Bertz CT molecular complexity index is 808. The van der Waals surface area contributed by atoms with E-state index in [-0.39, 0.29) is 17.9 Å². The van der Waals surface area contributed by atoms with Crippen molar-refractivity contribution in [1.82, 2.24) is 4.57 Å². The van der Waals surface area contributed by atoms with Crippen molar-refractivity contribution < 1.29 is 18.7 Å². The van der Waals surface area contributed by atoms with Gasteiger partial charge in [-0.15, -0.1) is 0 Å². The van der Waals surface area contributed by atoms with Crippen LogP contribution in [0.25, 0.3) is 11.1 Å². The molecule has 0 bridgehead atoms. The second kappa shape index (κ2) is 4.16. The highest BCUT2D eigenvalue weighted by atomic mass is 16.4. The van der Waals surface area contributed by atoms with Gasteiger partial charge in [-0.1, -0.05) is 12.1 Å². The smallest absolute Gasteiger partial charge is 0.420 e. The van der Waals surface area contributed by atoms with Crippen LogP contribution in [0.1, 0.15) is 16.1 Å². The van der Waals surface area contributed by atoms with Gasteiger partial charge in [-0.05, 0) is 18.2 Å². The zero-order chi connectivity index (χ0) is 13.4. The van der Waals surface area contributed by atoms with Crippen molar-refractivity contribution in [2.45, 2.75) is 6.54 Å². The molecule has 2 heterocycles. The number of aromatic nitrogens is 1. The highest BCUT2D eigenvalue weighted by Gasteiger charge is 2.16. The number of carbonyl (C=O) groups is 1. The van der Waals surface area contributed by atoms with E-state index < -0.39 is 11.7 Å². The van der Waals surface area contributed by atoms with Gasteiger partial charge in [0.05, 0.1) is 18.3 Å². The Kier molecular flexibility index (Phi) is 2.49. The van der Waals surface area contributed by atoms with Crippen LogP contribution in [0.5, 0.6) is 0 Å². The van der Waals surface area contributed by atoms with Crippen LogP contribution in [0.2, 0.25) is 0 Å². The van der Waals surface area contributed by atoms with Crippen LogP contribution in [0.3, 0.4) is 0 Å². The predicted molar refractivity (Wildman–Crippen MR) is 65.2 cm³/mol. The largest absolute Gasteiger partial charge is 0.478 e. The van der Waals surface area contributed by atoms with Gasteiger partial charge in [0.15, 0.2) is 5.58 Å². The first-order valence-electron chi connectivity index (χ1n) is 5.55. The van der Waals surface area contributed by atoms with E-state index in [9.17, 15) is 9.59 Å². The fourth-order valence-electron chi connectivity index (χ4n) is 1.96. The minimum atomic E-state index is -1.09. The molecular weight excluding hydrogens is 250 g/mol. The van der Waals surface area contributed by atoms with Gasteiger partial charge in [0.2, 0.25) is 0 Å². The minimum absolute atomic E-state index is 0.0183. The van der Waals surface area contributed by atoms with Crippen molar-refractivity contribution in [2.75, 3.05) is 0 Å². The zero-order valence-electron chi connectivity index (χ0n) is 9.70. The third kappa shape index (κ3) is 1.83. The lowest BCUT2D eigenvalue weighted by Crippen LogP contribution is -2.16. The number of furan rings is 1. The lowest BCUT2D eigenvalue weighted by molar-refractivity contribution is 0.0694. The highest BCUT2D eigenvalue weighted by molar-refractivity contribution is 5.88. The number of benzene rings is 1. The standard InChI is InChI=1S/C13H9NO5/c15-12(16)8-5-6-18-11(8)7-14-9-3-1-2-4-10(9)19-13(14)17/h1-6H,7H2,(H,15,16). The second-order valence-corrected chi connectivity index (χ2v) is 3.98. The van der Waals surface area contributed by atoms with Gasteiger partial charge in [0, 0.05) is 0 Å². The van der Waals surface area contributed by atoms with Gasteiger partial charge in [0.25, 0.3) is 0 Å². The average Bonchev–Trinajstić information content (AvgIpc) is 2.96. The van der Waals surface area contributed by atoms with Crippen LogP contribution in [0, 0.1) is 0 Å². The molecule has 2 aromatic heterocycles. The van der Waals surface area contributed by atoms with Gasteiger partial charge < -0.3 is 13.9 Å². The van der Waals surface area contributed by atoms with Crippen molar-refractivity contribution in [1.29, 1.82) is 0 Å². The van der Waals surface area contributed by atoms with Crippen LogP contribution >= 0.6 is 0 Å². The Morgan fingerprint density at radius 3 is 2.84 bits per heavy atom. The summed E-state index contributed by atoms with van der Waals surface area (Å²) in [7, 11) is 0. The van der Waals surface area contributed by atoms with Crippen molar-refractivity contribution >= 4 is 17.1 Å². The van der Waals surface area contributed by atoms with Crippen LogP contribution in [0.15, 0.2) is 50.2 Å². The van der Waals surface area contributed by atoms with Crippen LogP contribution in [-0.2, 0) is 6.54 Å². The topological polar surface area (TPSA) is 85.6 Å². The molecule has 1 aromatic carbocycles. The van der Waals surface area contributed by atoms with E-state index in [1.165, 1.54) is 16.9 Å². The van der Waals surface area contributed by atoms with E-state index in [1.807, 2.05) is 0 Å². The number of fused-ring (bicyclic) bond motifs is 1. The van der Waals surface area contributed by atoms with Gasteiger partial charge in [0.1, 0.15) is 11.3 Å². The third-order valence-corrected chi connectivity index (χ3v) is 2.85. The summed E-state index contributed by atoms with van der Waals surface area (Å²) in [4.78, 5) is 22.7. The molecule has 19 heavy (non-hydrogen) atoms. The molecule has 3 rings (SSSR count). The fourth-order valence-corrected chi connectivity index (χ4v) is 1.96. The molecule has 0 aliphatic rings. The number of para-hydroxylation sites is 2. The maximum Gasteiger partial charge on any atom is 0.420 e. The minimum Gasteiger partial charge on any atom is -0.478 e. The summed E-state index contributed by atoms with van der Waals surface area (Å²) < 4.78 is 11.5. The molecule has 6 nitrogen and oxygen atoms in total. The van der Waals surface area contributed by atoms with Crippen LogP contribution in [-0.4, -0.2) is 15.6 Å². The molecule has 0 radical (unpaired) electrons. The van der Waals surface area contributed by atoms with E-state index in [2.05, 4.69) is 0 Å². The maximum absolute atomic E-state index is 11.8. The fraction of sp³-hybridized carbons (Fsp3) is 0.0769. The molecule has 1 N–H and O–H groups in total. The summed E-state index contributed by atoms with van der Waals surface area (Å²) in [5.41, 5.74) is 1.09. The highest BCUT2D eigenvalue weighted by Crippen LogP contribution is 2.16. The van der Waals surface area contributed by atoms with Crippen molar-refractivity contribution in [2.24, 2.45) is 0 Å². The first-order chi connectivity index (χ1) is 9.16. The lowest BCUT2D eigenvalue weighted by Gasteiger charge is -2.00. The summed E-state index contributed by atoms with van der Waals surface area (Å²) in [6, 6.07) is 8.28. The molecule has 0 fully saturated rings. The monoisotopic (exact) mass is 259 g/mol. The first-order valence-corrected chi connectivity index (χ1v) is 5.55. The Hall–Kier alpha value is -2.76. The molecule has 0 aliphatic heterocycles. The Morgan fingerprint density at radius 2 is 2.05 bits per heavy atom. The zero-order valence-corrected chi connectivity index (χ0v) is 9.70. The van der Waals surface area contributed by atoms with Crippen molar-refractivity contribution in [3.05, 3.63) is 58.5 Å². The normalized spacial score (nSPS) is 10.9. The maximum atomic E-state index is 11.8. The molecule has 0 spiro atoms. The van der Waals surface area contributed by atoms with Gasteiger partial charge >= 0.3 is 11.7 Å². The molecule has 0 aliphatic carbocycles. The summed E-state index contributed by atoms with van der Waals surface area (Å²) in [5.74, 6) is -1.43. The SMILES string of the molecule is O=C(O)c1ccoc1Cn1c(=O)oc2ccccc21. The quantitative estimate of drug-likeness (QED) is 0.776. The predicted octanol–water partition coefficient (Wildman–Crippen LogP) is 1.93.